The summed E-state index contributed by atoms with van der Waals surface area (Å²) in [6.45, 7) is 6.77. The van der Waals surface area contributed by atoms with Crippen molar-refractivity contribution in [1.82, 2.24) is 0 Å². The van der Waals surface area contributed by atoms with Gasteiger partial charge in [-0.2, -0.15) is 0 Å². The lowest BCUT2D eigenvalue weighted by Gasteiger charge is -2.28. The Morgan fingerprint density at radius 2 is 1.56 bits per heavy atom. The molecule has 1 atom stereocenters. The fraction of sp³-hybridized carbons (Fsp3) is 1.00. The normalized spacial score (nSPS) is 31.5. The molecule has 2 rings (SSSR count). The molecule has 0 aromatic carbocycles. The molecule has 0 bridgehead atoms. The lowest BCUT2D eigenvalue weighted by atomic mass is 9.83. The number of hydrogen-bond donors (Lipinski definition) is 0. The third-order valence-corrected chi connectivity index (χ3v) is 4.02. The Kier molecular flexibility index (Phi) is 6.46. The Labute approximate surface area is 111 Å². The molecule has 3 nitrogen and oxygen atoms in total. The zero-order valence-corrected chi connectivity index (χ0v) is 11.7. The Morgan fingerprint density at radius 3 is 2.11 bits per heavy atom. The van der Waals surface area contributed by atoms with Gasteiger partial charge in [0, 0.05) is 19.8 Å². The van der Waals surface area contributed by atoms with Gasteiger partial charge in [0.15, 0.2) is 0 Å². The third kappa shape index (κ3) is 5.68. The van der Waals surface area contributed by atoms with Crippen molar-refractivity contribution in [1.29, 1.82) is 0 Å². The molecule has 1 unspecified atom stereocenters. The zero-order chi connectivity index (χ0) is 12.6. The summed E-state index contributed by atoms with van der Waals surface area (Å²) >= 11 is 0. The van der Waals surface area contributed by atoms with Gasteiger partial charge in [0.25, 0.3) is 0 Å². The van der Waals surface area contributed by atoms with Crippen LogP contribution in [0.3, 0.4) is 0 Å². The molecule has 0 spiro atoms. The van der Waals surface area contributed by atoms with E-state index in [0.717, 1.165) is 44.9 Å². The number of unbranched alkanes of at least 4 members (excludes halogenated alkanes) is 1. The first-order valence-electron chi connectivity index (χ1n) is 7.65. The fourth-order valence-electron chi connectivity index (χ4n) is 2.59. The van der Waals surface area contributed by atoms with Crippen LogP contribution in [0.4, 0.5) is 0 Å². The highest BCUT2D eigenvalue weighted by atomic mass is 16.6. The van der Waals surface area contributed by atoms with Gasteiger partial charge in [0.05, 0.1) is 13.2 Å². The van der Waals surface area contributed by atoms with E-state index in [9.17, 15) is 0 Å². The predicted octanol–water partition coefficient (Wildman–Crippen LogP) is 3.02. The van der Waals surface area contributed by atoms with Gasteiger partial charge in [-0.15, -0.1) is 0 Å². The monoisotopic (exact) mass is 256 g/mol. The molecule has 2 aliphatic rings. The quantitative estimate of drug-likeness (QED) is 0.469. The van der Waals surface area contributed by atoms with Crippen LogP contribution in [0.25, 0.3) is 0 Å². The first-order chi connectivity index (χ1) is 8.88. The van der Waals surface area contributed by atoms with E-state index in [1.165, 1.54) is 38.5 Å². The summed E-state index contributed by atoms with van der Waals surface area (Å²) in [5.74, 6) is 1.57. The van der Waals surface area contributed by atoms with Crippen LogP contribution in [0.5, 0.6) is 0 Å². The molecule has 106 valence electrons. The van der Waals surface area contributed by atoms with Crippen LogP contribution in [0.1, 0.15) is 45.4 Å². The van der Waals surface area contributed by atoms with E-state index in [0.29, 0.717) is 6.10 Å². The van der Waals surface area contributed by atoms with Crippen LogP contribution in [0, 0.1) is 11.8 Å². The highest BCUT2D eigenvalue weighted by Gasteiger charge is 2.25. The van der Waals surface area contributed by atoms with Gasteiger partial charge in [-0.1, -0.05) is 13.3 Å². The molecule has 1 heterocycles. The summed E-state index contributed by atoms with van der Waals surface area (Å²) in [7, 11) is 0. The van der Waals surface area contributed by atoms with Crippen LogP contribution in [0.15, 0.2) is 0 Å². The van der Waals surface area contributed by atoms with Crippen molar-refractivity contribution in [2.75, 3.05) is 33.0 Å². The minimum atomic E-state index is 0.410. The second kappa shape index (κ2) is 8.13. The molecule has 0 N–H and O–H groups in total. The van der Waals surface area contributed by atoms with Crippen LogP contribution in [-0.4, -0.2) is 39.1 Å². The highest BCUT2D eigenvalue weighted by Crippen LogP contribution is 2.29. The Bertz CT molecular complexity index is 208. The second-order valence-electron chi connectivity index (χ2n) is 5.81. The van der Waals surface area contributed by atoms with Crippen molar-refractivity contribution in [2.24, 2.45) is 11.8 Å². The minimum absolute atomic E-state index is 0.410. The maximum Gasteiger partial charge on any atom is 0.104 e. The van der Waals surface area contributed by atoms with Crippen LogP contribution in [0.2, 0.25) is 0 Å². The standard InChI is InChI=1S/C15H28O3/c1-2-3-8-16-9-13-4-6-14(7-5-13)10-17-11-15-12-18-15/h13-15H,2-12H2,1H3. The molecule has 0 radical (unpaired) electrons. The minimum Gasteiger partial charge on any atom is -0.381 e. The summed E-state index contributed by atoms with van der Waals surface area (Å²) in [5, 5.41) is 0. The van der Waals surface area contributed by atoms with E-state index in [4.69, 9.17) is 14.2 Å². The third-order valence-electron chi connectivity index (χ3n) is 4.02. The molecule has 1 aliphatic carbocycles. The molecular weight excluding hydrogens is 228 g/mol. The van der Waals surface area contributed by atoms with Crippen LogP contribution >= 0.6 is 0 Å². The van der Waals surface area contributed by atoms with Crippen molar-refractivity contribution in [2.45, 2.75) is 51.6 Å². The highest BCUT2D eigenvalue weighted by molar-refractivity contribution is 4.73. The second-order valence-corrected chi connectivity index (χ2v) is 5.81. The SMILES string of the molecule is CCCCOCC1CCC(COCC2CO2)CC1. The van der Waals surface area contributed by atoms with Gasteiger partial charge in [0.2, 0.25) is 0 Å². The first-order valence-corrected chi connectivity index (χ1v) is 7.65. The average molecular weight is 256 g/mol. The summed E-state index contributed by atoms with van der Waals surface area (Å²) < 4.78 is 16.5. The van der Waals surface area contributed by atoms with E-state index < -0.39 is 0 Å². The zero-order valence-electron chi connectivity index (χ0n) is 11.7. The molecule has 3 heteroatoms. The summed E-state index contributed by atoms with van der Waals surface area (Å²) in [5.41, 5.74) is 0. The number of ether oxygens (including phenoxy) is 3. The van der Waals surface area contributed by atoms with E-state index in [1.807, 2.05) is 0 Å². The lowest BCUT2D eigenvalue weighted by Crippen LogP contribution is -2.22. The van der Waals surface area contributed by atoms with Gasteiger partial charge in [-0.3, -0.25) is 0 Å². The predicted molar refractivity (Wildman–Crippen MR) is 71.7 cm³/mol. The van der Waals surface area contributed by atoms with Gasteiger partial charge < -0.3 is 14.2 Å². The van der Waals surface area contributed by atoms with Gasteiger partial charge >= 0.3 is 0 Å². The molecule has 0 aromatic heterocycles. The van der Waals surface area contributed by atoms with Crippen molar-refractivity contribution in [3.05, 3.63) is 0 Å². The van der Waals surface area contributed by atoms with Crippen molar-refractivity contribution >= 4 is 0 Å². The fourth-order valence-corrected chi connectivity index (χ4v) is 2.59. The van der Waals surface area contributed by atoms with Crippen molar-refractivity contribution in [3.8, 4) is 0 Å². The Morgan fingerprint density at radius 1 is 0.944 bits per heavy atom. The van der Waals surface area contributed by atoms with Crippen LogP contribution < -0.4 is 0 Å². The summed E-state index contributed by atoms with van der Waals surface area (Å²) in [6.07, 6.45) is 8.11. The summed E-state index contributed by atoms with van der Waals surface area (Å²) in [4.78, 5) is 0. The van der Waals surface area contributed by atoms with E-state index in [1.54, 1.807) is 0 Å². The topological polar surface area (TPSA) is 31.0 Å². The van der Waals surface area contributed by atoms with E-state index in [2.05, 4.69) is 6.92 Å². The molecule has 2 fully saturated rings. The smallest absolute Gasteiger partial charge is 0.104 e. The molecule has 1 saturated carbocycles. The first kappa shape index (κ1) is 14.3. The molecule has 0 aromatic rings. The van der Waals surface area contributed by atoms with E-state index >= 15 is 0 Å². The summed E-state index contributed by atoms with van der Waals surface area (Å²) in [6, 6.07) is 0. The number of epoxide rings is 1. The molecule has 18 heavy (non-hydrogen) atoms. The average Bonchev–Trinajstić information content (AvgIpc) is 3.21. The Balaban J connectivity index is 1.45. The molecule has 1 aliphatic heterocycles. The van der Waals surface area contributed by atoms with Crippen molar-refractivity contribution < 1.29 is 14.2 Å². The molecular formula is C15H28O3. The number of rotatable bonds is 9. The van der Waals surface area contributed by atoms with E-state index in [-0.39, 0.29) is 0 Å². The largest absolute Gasteiger partial charge is 0.381 e. The maximum atomic E-state index is 5.72. The van der Waals surface area contributed by atoms with Gasteiger partial charge in [0.1, 0.15) is 6.10 Å². The Hall–Kier alpha value is -0.120. The number of hydrogen-bond acceptors (Lipinski definition) is 3. The molecule has 1 saturated heterocycles. The maximum absolute atomic E-state index is 5.72. The van der Waals surface area contributed by atoms with Gasteiger partial charge in [-0.05, 0) is 43.9 Å². The molecule has 0 amide bonds. The van der Waals surface area contributed by atoms with Gasteiger partial charge in [-0.25, -0.2) is 0 Å². The van der Waals surface area contributed by atoms with Crippen LogP contribution in [-0.2, 0) is 14.2 Å². The van der Waals surface area contributed by atoms with Crippen molar-refractivity contribution in [3.63, 3.8) is 0 Å². The lowest BCUT2D eigenvalue weighted by molar-refractivity contribution is 0.0447.